The van der Waals surface area contributed by atoms with Crippen molar-refractivity contribution in [3.8, 4) is 5.75 Å². The van der Waals surface area contributed by atoms with Gasteiger partial charge in [-0.05, 0) is 36.4 Å². The van der Waals surface area contributed by atoms with E-state index in [1.165, 1.54) is 4.70 Å². The lowest BCUT2D eigenvalue weighted by molar-refractivity contribution is -0.118. The molecule has 0 spiro atoms. The summed E-state index contributed by atoms with van der Waals surface area (Å²) < 4.78 is 6.71. The summed E-state index contributed by atoms with van der Waals surface area (Å²) in [6.07, 6.45) is 0. The number of fused-ring (bicyclic) bond motifs is 1. The zero-order chi connectivity index (χ0) is 17.5. The van der Waals surface area contributed by atoms with Gasteiger partial charge in [0, 0.05) is 10.8 Å². The lowest BCUT2D eigenvalue weighted by Gasteiger charge is -2.07. The Labute approximate surface area is 159 Å². The maximum absolute atomic E-state index is 11.8. The van der Waals surface area contributed by atoms with Gasteiger partial charge in [0.15, 0.2) is 0 Å². The van der Waals surface area contributed by atoms with Gasteiger partial charge in [-0.25, -0.2) is 4.98 Å². The smallest absolute Gasteiger partial charge is 0.230 e. The van der Waals surface area contributed by atoms with Crippen LogP contribution in [-0.2, 0) is 10.5 Å². The minimum Gasteiger partial charge on any atom is -0.492 e. The van der Waals surface area contributed by atoms with E-state index in [2.05, 4.69) is 16.4 Å². The van der Waals surface area contributed by atoms with E-state index in [0.29, 0.717) is 23.9 Å². The Hall–Kier alpha value is -1.76. The Balaban J connectivity index is 1.32. The monoisotopic (exact) mass is 392 g/mol. The standard InChI is InChI=1S/C18H17ClN2O2S2/c19-13-5-7-14(8-6-13)23-10-9-20-17(22)11-24-12-18-21-15-3-1-2-4-16(15)25-18/h1-8H,9-12H2,(H,20,22). The van der Waals surface area contributed by atoms with E-state index < -0.39 is 0 Å². The molecule has 0 saturated carbocycles. The van der Waals surface area contributed by atoms with Crippen LogP contribution >= 0.6 is 34.7 Å². The summed E-state index contributed by atoms with van der Waals surface area (Å²) in [5.41, 5.74) is 1.02. The molecule has 7 heteroatoms. The van der Waals surface area contributed by atoms with Gasteiger partial charge in [-0.2, -0.15) is 0 Å². The Morgan fingerprint density at radius 3 is 2.80 bits per heavy atom. The minimum absolute atomic E-state index is 0.00539. The average Bonchev–Trinajstić information content (AvgIpc) is 3.03. The molecule has 1 heterocycles. The van der Waals surface area contributed by atoms with Crippen LogP contribution in [0.2, 0.25) is 5.02 Å². The Morgan fingerprint density at radius 1 is 1.20 bits per heavy atom. The first-order chi connectivity index (χ1) is 12.2. The Morgan fingerprint density at radius 2 is 2.00 bits per heavy atom. The quantitative estimate of drug-likeness (QED) is 0.578. The second kappa shape index (κ2) is 9.08. The van der Waals surface area contributed by atoms with E-state index in [4.69, 9.17) is 16.3 Å². The SMILES string of the molecule is O=C(CSCc1nc2ccccc2s1)NCCOc1ccc(Cl)cc1. The number of halogens is 1. The van der Waals surface area contributed by atoms with Crippen LogP contribution in [0.3, 0.4) is 0 Å². The molecule has 0 fully saturated rings. The number of thioether (sulfide) groups is 1. The summed E-state index contributed by atoms with van der Waals surface area (Å²) >= 11 is 9.05. The Bertz CT molecular complexity index is 803. The fourth-order valence-corrected chi connectivity index (χ4v) is 4.16. The molecular weight excluding hydrogens is 376 g/mol. The molecule has 25 heavy (non-hydrogen) atoms. The number of carbonyl (C=O) groups excluding carboxylic acids is 1. The van der Waals surface area contributed by atoms with Gasteiger partial charge in [-0.15, -0.1) is 23.1 Å². The molecule has 1 aromatic heterocycles. The van der Waals surface area contributed by atoms with Crippen molar-refractivity contribution in [2.75, 3.05) is 18.9 Å². The zero-order valence-electron chi connectivity index (χ0n) is 13.4. The first kappa shape index (κ1) is 18.0. The second-order valence-corrected chi connectivity index (χ2v) is 7.76. The summed E-state index contributed by atoms with van der Waals surface area (Å²) in [4.78, 5) is 16.4. The van der Waals surface area contributed by atoms with Crippen LogP contribution in [0.4, 0.5) is 0 Å². The van der Waals surface area contributed by atoms with E-state index in [0.717, 1.165) is 22.0 Å². The second-order valence-electron chi connectivity index (χ2n) is 5.22. The number of nitrogens with zero attached hydrogens (tertiary/aromatic N) is 1. The molecule has 0 unspecified atom stereocenters. The van der Waals surface area contributed by atoms with Gasteiger partial charge < -0.3 is 10.1 Å². The van der Waals surface area contributed by atoms with Crippen molar-refractivity contribution < 1.29 is 9.53 Å². The number of aromatic nitrogens is 1. The number of ether oxygens (including phenoxy) is 1. The fourth-order valence-electron chi connectivity index (χ4n) is 2.15. The van der Waals surface area contributed by atoms with Crippen LogP contribution in [0.1, 0.15) is 5.01 Å². The van der Waals surface area contributed by atoms with Crippen molar-refractivity contribution in [1.82, 2.24) is 10.3 Å². The van der Waals surface area contributed by atoms with E-state index in [9.17, 15) is 4.79 Å². The number of amides is 1. The van der Waals surface area contributed by atoms with Gasteiger partial charge >= 0.3 is 0 Å². The van der Waals surface area contributed by atoms with Gasteiger partial charge in [0.05, 0.1) is 22.5 Å². The van der Waals surface area contributed by atoms with E-state index in [1.54, 1.807) is 47.4 Å². The highest BCUT2D eigenvalue weighted by molar-refractivity contribution is 7.99. The van der Waals surface area contributed by atoms with Crippen LogP contribution < -0.4 is 10.1 Å². The highest BCUT2D eigenvalue weighted by Crippen LogP contribution is 2.24. The molecule has 0 aliphatic carbocycles. The molecule has 0 saturated heterocycles. The molecular formula is C18H17ClN2O2S2. The largest absolute Gasteiger partial charge is 0.492 e. The number of hydrogen-bond acceptors (Lipinski definition) is 5. The maximum Gasteiger partial charge on any atom is 0.230 e. The maximum atomic E-state index is 11.8. The topological polar surface area (TPSA) is 51.2 Å². The number of thiazole rings is 1. The van der Waals surface area contributed by atoms with E-state index in [-0.39, 0.29) is 5.91 Å². The molecule has 0 bridgehead atoms. The molecule has 3 rings (SSSR count). The normalized spacial score (nSPS) is 10.8. The van der Waals surface area contributed by atoms with Crippen molar-refractivity contribution in [2.45, 2.75) is 5.75 Å². The predicted octanol–water partition coefficient (Wildman–Crippen LogP) is 4.38. The summed E-state index contributed by atoms with van der Waals surface area (Å²) in [5, 5.41) is 4.57. The lowest BCUT2D eigenvalue weighted by atomic mass is 10.3. The van der Waals surface area contributed by atoms with Gasteiger partial charge in [-0.3, -0.25) is 4.79 Å². The predicted molar refractivity (Wildman–Crippen MR) is 106 cm³/mol. The Kier molecular flexibility index (Phi) is 6.55. The van der Waals surface area contributed by atoms with Crippen LogP contribution in [-0.4, -0.2) is 29.8 Å². The summed E-state index contributed by atoms with van der Waals surface area (Å²) in [6, 6.07) is 15.2. The third-order valence-electron chi connectivity index (χ3n) is 3.30. The van der Waals surface area contributed by atoms with Crippen molar-refractivity contribution >= 4 is 50.8 Å². The zero-order valence-corrected chi connectivity index (χ0v) is 15.8. The highest BCUT2D eigenvalue weighted by Gasteiger charge is 2.06. The number of carbonyl (C=O) groups is 1. The first-order valence-electron chi connectivity index (χ1n) is 7.78. The van der Waals surface area contributed by atoms with Gasteiger partial charge in [0.25, 0.3) is 0 Å². The van der Waals surface area contributed by atoms with Crippen LogP contribution in [0.25, 0.3) is 10.2 Å². The number of benzene rings is 2. The molecule has 1 amide bonds. The lowest BCUT2D eigenvalue weighted by Crippen LogP contribution is -2.29. The summed E-state index contributed by atoms with van der Waals surface area (Å²) in [5.74, 6) is 1.90. The van der Waals surface area contributed by atoms with Crippen molar-refractivity contribution in [3.05, 3.63) is 58.6 Å². The molecule has 0 aliphatic heterocycles. The van der Waals surface area contributed by atoms with E-state index in [1.807, 2.05) is 18.2 Å². The third-order valence-corrected chi connectivity index (χ3v) is 5.72. The number of hydrogen-bond donors (Lipinski definition) is 1. The molecule has 130 valence electrons. The van der Waals surface area contributed by atoms with Crippen molar-refractivity contribution in [1.29, 1.82) is 0 Å². The number of rotatable bonds is 8. The molecule has 0 aliphatic rings. The average molecular weight is 393 g/mol. The first-order valence-corrected chi connectivity index (χ1v) is 10.1. The van der Waals surface area contributed by atoms with Gasteiger partial charge in [0.1, 0.15) is 17.4 Å². The summed E-state index contributed by atoms with van der Waals surface area (Å²) in [7, 11) is 0. The van der Waals surface area contributed by atoms with Crippen LogP contribution in [0.5, 0.6) is 5.75 Å². The summed E-state index contributed by atoms with van der Waals surface area (Å²) in [6.45, 7) is 0.902. The fraction of sp³-hybridized carbons (Fsp3) is 0.222. The molecule has 3 aromatic rings. The minimum atomic E-state index is 0.00539. The van der Waals surface area contributed by atoms with Gasteiger partial charge in [-0.1, -0.05) is 23.7 Å². The van der Waals surface area contributed by atoms with Crippen LogP contribution in [0.15, 0.2) is 48.5 Å². The molecule has 2 aromatic carbocycles. The molecule has 4 nitrogen and oxygen atoms in total. The van der Waals surface area contributed by atoms with Crippen LogP contribution in [0, 0.1) is 0 Å². The van der Waals surface area contributed by atoms with Gasteiger partial charge in [0.2, 0.25) is 5.91 Å². The number of para-hydroxylation sites is 1. The highest BCUT2D eigenvalue weighted by atomic mass is 35.5. The van der Waals surface area contributed by atoms with E-state index >= 15 is 0 Å². The van der Waals surface area contributed by atoms with Crippen molar-refractivity contribution in [2.24, 2.45) is 0 Å². The van der Waals surface area contributed by atoms with Crippen molar-refractivity contribution in [3.63, 3.8) is 0 Å². The number of nitrogens with one attached hydrogen (secondary N) is 1. The molecule has 0 radical (unpaired) electrons. The molecule has 1 N–H and O–H groups in total. The third kappa shape index (κ3) is 5.63. The molecule has 0 atom stereocenters.